The van der Waals surface area contributed by atoms with Crippen LogP contribution in [0.5, 0.6) is 0 Å². The topological polar surface area (TPSA) is 83.0 Å². The van der Waals surface area contributed by atoms with Gasteiger partial charge in [0.2, 0.25) is 5.91 Å². The molecular formula is C20H36N4O3. The first-order chi connectivity index (χ1) is 13.1. The summed E-state index contributed by atoms with van der Waals surface area (Å²) in [6.07, 6.45) is 7.77. The van der Waals surface area contributed by atoms with E-state index in [0.29, 0.717) is 31.9 Å². The molecule has 7 nitrogen and oxygen atoms in total. The standard InChI is InChI=1S/C20H36N4O3/c1-3-21-20(22-13-8-11-18(25)27-4-2)23-17-12-14-24(15-17)19(26)16-9-6-5-7-10-16/h16-17H,3-15H2,1-2H3,(H2,21,22,23). The van der Waals surface area contributed by atoms with Crippen LogP contribution in [0.1, 0.15) is 65.2 Å². The van der Waals surface area contributed by atoms with Gasteiger partial charge in [0.1, 0.15) is 0 Å². The third kappa shape index (κ3) is 7.39. The highest BCUT2D eigenvalue weighted by molar-refractivity contribution is 5.81. The predicted molar refractivity (Wildman–Crippen MR) is 107 cm³/mol. The molecule has 1 aliphatic carbocycles. The Morgan fingerprint density at radius 2 is 1.93 bits per heavy atom. The highest BCUT2D eigenvalue weighted by Gasteiger charge is 2.31. The lowest BCUT2D eigenvalue weighted by atomic mass is 9.88. The molecule has 27 heavy (non-hydrogen) atoms. The van der Waals surface area contributed by atoms with Gasteiger partial charge in [0, 0.05) is 44.6 Å². The molecule has 1 aliphatic heterocycles. The summed E-state index contributed by atoms with van der Waals surface area (Å²) in [5.74, 6) is 1.18. The zero-order valence-corrected chi connectivity index (χ0v) is 17.0. The molecule has 1 amide bonds. The Hall–Kier alpha value is -1.79. The van der Waals surface area contributed by atoms with Crippen molar-refractivity contribution in [3.8, 4) is 0 Å². The van der Waals surface area contributed by atoms with Crippen LogP contribution in [-0.2, 0) is 14.3 Å². The van der Waals surface area contributed by atoms with E-state index in [1.807, 2.05) is 18.7 Å². The molecule has 1 unspecified atom stereocenters. The van der Waals surface area contributed by atoms with E-state index in [2.05, 4.69) is 15.6 Å². The van der Waals surface area contributed by atoms with E-state index in [9.17, 15) is 9.59 Å². The maximum Gasteiger partial charge on any atom is 0.305 e. The molecule has 2 fully saturated rings. The molecule has 0 radical (unpaired) electrons. The fourth-order valence-electron chi connectivity index (χ4n) is 3.85. The second kappa shape index (κ2) is 11.8. The lowest BCUT2D eigenvalue weighted by Crippen LogP contribution is -2.45. The maximum absolute atomic E-state index is 12.7. The molecule has 1 atom stereocenters. The summed E-state index contributed by atoms with van der Waals surface area (Å²) >= 11 is 0. The van der Waals surface area contributed by atoms with Crippen LogP contribution in [-0.4, -0.2) is 61.6 Å². The van der Waals surface area contributed by atoms with Crippen LogP contribution in [0.2, 0.25) is 0 Å². The molecule has 154 valence electrons. The predicted octanol–water partition coefficient (Wildman–Crippen LogP) is 2.07. The van der Waals surface area contributed by atoms with E-state index in [-0.39, 0.29) is 17.9 Å². The Morgan fingerprint density at radius 1 is 1.15 bits per heavy atom. The summed E-state index contributed by atoms with van der Waals surface area (Å²) in [5, 5.41) is 6.70. The van der Waals surface area contributed by atoms with Gasteiger partial charge in [-0.05, 0) is 39.5 Å². The number of nitrogens with zero attached hydrogens (tertiary/aromatic N) is 2. The highest BCUT2D eigenvalue weighted by Crippen LogP contribution is 2.26. The van der Waals surface area contributed by atoms with Crippen molar-refractivity contribution in [1.82, 2.24) is 15.5 Å². The van der Waals surface area contributed by atoms with Gasteiger partial charge in [-0.2, -0.15) is 0 Å². The lowest BCUT2D eigenvalue weighted by molar-refractivity contribution is -0.143. The zero-order valence-electron chi connectivity index (χ0n) is 17.0. The molecule has 1 heterocycles. The van der Waals surface area contributed by atoms with Crippen molar-refractivity contribution >= 4 is 17.8 Å². The third-order valence-corrected chi connectivity index (χ3v) is 5.25. The van der Waals surface area contributed by atoms with E-state index >= 15 is 0 Å². The van der Waals surface area contributed by atoms with Crippen LogP contribution in [0.3, 0.4) is 0 Å². The van der Waals surface area contributed by atoms with Crippen LogP contribution in [0.25, 0.3) is 0 Å². The van der Waals surface area contributed by atoms with E-state index in [0.717, 1.165) is 44.9 Å². The highest BCUT2D eigenvalue weighted by atomic mass is 16.5. The number of guanidine groups is 1. The van der Waals surface area contributed by atoms with Crippen molar-refractivity contribution in [1.29, 1.82) is 0 Å². The van der Waals surface area contributed by atoms with Crippen molar-refractivity contribution in [2.45, 2.75) is 71.3 Å². The van der Waals surface area contributed by atoms with E-state index in [4.69, 9.17) is 4.74 Å². The number of likely N-dealkylation sites (tertiary alicyclic amines) is 1. The van der Waals surface area contributed by atoms with Gasteiger partial charge in [0.05, 0.1) is 6.61 Å². The summed E-state index contributed by atoms with van der Waals surface area (Å²) in [4.78, 5) is 30.7. The van der Waals surface area contributed by atoms with E-state index in [1.165, 1.54) is 19.3 Å². The second-order valence-corrected chi connectivity index (χ2v) is 7.42. The van der Waals surface area contributed by atoms with Crippen LogP contribution >= 0.6 is 0 Å². The van der Waals surface area contributed by atoms with E-state index < -0.39 is 0 Å². The monoisotopic (exact) mass is 380 g/mol. The van der Waals surface area contributed by atoms with Crippen molar-refractivity contribution in [3.05, 3.63) is 0 Å². The first kappa shape index (κ1) is 21.5. The average molecular weight is 381 g/mol. The molecule has 0 spiro atoms. The minimum atomic E-state index is -0.168. The lowest BCUT2D eigenvalue weighted by Gasteiger charge is -2.26. The first-order valence-electron chi connectivity index (χ1n) is 10.6. The maximum atomic E-state index is 12.7. The summed E-state index contributed by atoms with van der Waals surface area (Å²) in [6, 6.07) is 0.236. The average Bonchev–Trinajstić information content (AvgIpc) is 3.14. The second-order valence-electron chi connectivity index (χ2n) is 7.42. The fourth-order valence-corrected chi connectivity index (χ4v) is 3.85. The van der Waals surface area contributed by atoms with Gasteiger partial charge in [-0.15, -0.1) is 0 Å². The largest absolute Gasteiger partial charge is 0.466 e. The molecule has 1 saturated heterocycles. The Labute approximate surface area is 163 Å². The van der Waals surface area contributed by atoms with Crippen LogP contribution in [0.15, 0.2) is 4.99 Å². The smallest absolute Gasteiger partial charge is 0.305 e. The number of carbonyl (C=O) groups is 2. The molecule has 7 heteroatoms. The quantitative estimate of drug-likeness (QED) is 0.291. The Bertz CT molecular complexity index is 503. The molecule has 2 aliphatic rings. The van der Waals surface area contributed by atoms with Gasteiger partial charge < -0.3 is 20.3 Å². The molecule has 1 saturated carbocycles. The van der Waals surface area contributed by atoms with Crippen LogP contribution in [0, 0.1) is 5.92 Å². The van der Waals surface area contributed by atoms with E-state index in [1.54, 1.807) is 0 Å². The van der Waals surface area contributed by atoms with Gasteiger partial charge in [-0.3, -0.25) is 14.6 Å². The number of rotatable bonds is 8. The van der Waals surface area contributed by atoms with Gasteiger partial charge in [-0.25, -0.2) is 0 Å². The first-order valence-corrected chi connectivity index (χ1v) is 10.6. The molecule has 0 aromatic rings. The van der Waals surface area contributed by atoms with Gasteiger partial charge >= 0.3 is 5.97 Å². The zero-order chi connectivity index (χ0) is 19.5. The normalized spacial score (nSPS) is 21.2. The van der Waals surface area contributed by atoms with Crippen LogP contribution in [0.4, 0.5) is 0 Å². The molecule has 2 N–H and O–H groups in total. The number of nitrogens with one attached hydrogen (secondary N) is 2. The summed E-state index contributed by atoms with van der Waals surface area (Å²) < 4.78 is 4.93. The van der Waals surface area contributed by atoms with Gasteiger partial charge in [0.25, 0.3) is 0 Å². The number of amides is 1. The van der Waals surface area contributed by atoms with Crippen molar-refractivity contribution < 1.29 is 14.3 Å². The molecule has 0 aromatic heterocycles. The van der Waals surface area contributed by atoms with Crippen molar-refractivity contribution in [3.63, 3.8) is 0 Å². The molecule has 2 rings (SSSR count). The van der Waals surface area contributed by atoms with Gasteiger partial charge in [0.15, 0.2) is 5.96 Å². The van der Waals surface area contributed by atoms with Crippen molar-refractivity contribution in [2.75, 3.05) is 32.8 Å². The number of ether oxygens (including phenoxy) is 1. The number of hydrogen-bond donors (Lipinski definition) is 2. The summed E-state index contributed by atoms with van der Waals surface area (Å²) in [6.45, 7) is 7.20. The minimum absolute atomic E-state index is 0.168. The number of carbonyl (C=O) groups excluding carboxylic acids is 2. The number of esters is 1. The van der Waals surface area contributed by atoms with Crippen LogP contribution < -0.4 is 10.6 Å². The Balaban J connectivity index is 1.76. The molecule has 0 bridgehead atoms. The third-order valence-electron chi connectivity index (χ3n) is 5.25. The number of aliphatic imine (C=N–C) groups is 1. The van der Waals surface area contributed by atoms with Gasteiger partial charge in [-0.1, -0.05) is 19.3 Å². The summed E-state index contributed by atoms with van der Waals surface area (Å²) in [7, 11) is 0. The van der Waals surface area contributed by atoms with Crippen molar-refractivity contribution in [2.24, 2.45) is 10.9 Å². The summed E-state index contributed by atoms with van der Waals surface area (Å²) in [5.41, 5.74) is 0. The Kier molecular flexibility index (Phi) is 9.42. The SMILES string of the molecule is CCNC(=NCCCC(=O)OCC)NC1CCN(C(=O)C2CCCCC2)C1. The fraction of sp³-hybridized carbons (Fsp3) is 0.850. The Morgan fingerprint density at radius 3 is 2.63 bits per heavy atom. The minimum Gasteiger partial charge on any atom is -0.466 e. The molecule has 0 aromatic carbocycles. The number of hydrogen-bond acceptors (Lipinski definition) is 4. The molecular weight excluding hydrogens is 344 g/mol.